The van der Waals surface area contributed by atoms with Gasteiger partial charge in [0.25, 0.3) is 5.91 Å². The Balaban J connectivity index is 1.64. The second kappa shape index (κ2) is 10.1. The lowest BCUT2D eigenvalue weighted by atomic mass is 9.90. The van der Waals surface area contributed by atoms with Crippen molar-refractivity contribution in [1.29, 1.82) is 0 Å². The number of amides is 3. The second-order valence-electron chi connectivity index (χ2n) is 7.92. The van der Waals surface area contributed by atoms with Gasteiger partial charge in [-0.25, -0.2) is 10.3 Å². The van der Waals surface area contributed by atoms with E-state index in [4.69, 9.17) is 9.94 Å². The predicted molar refractivity (Wildman–Crippen MR) is 116 cm³/mol. The molecule has 32 heavy (non-hydrogen) atoms. The number of hydroxylamine groups is 1. The minimum atomic E-state index is -1.13. The summed E-state index contributed by atoms with van der Waals surface area (Å²) in [5.41, 5.74) is 5.31. The van der Waals surface area contributed by atoms with E-state index in [0.29, 0.717) is 17.9 Å². The summed E-state index contributed by atoms with van der Waals surface area (Å²) in [6.07, 6.45) is -0.938. The van der Waals surface area contributed by atoms with Crippen LogP contribution in [0.5, 0.6) is 5.75 Å². The first-order valence-corrected chi connectivity index (χ1v) is 10.3. The van der Waals surface area contributed by atoms with Gasteiger partial charge in [0, 0.05) is 18.7 Å². The maximum absolute atomic E-state index is 12.7. The minimum Gasteiger partial charge on any atom is -0.489 e. The summed E-state index contributed by atoms with van der Waals surface area (Å²) in [4.78, 5) is 37.1. The highest BCUT2D eigenvalue weighted by Crippen LogP contribution is 2.20. The summed E-state index contributed by atoms with van der Waals surface area (Å²) in [6, 6.07) is 12.0. The summed E-state index contributed by atoms with van der Waals surface area (Å²) in [6.45, 7) is 4.55. The number of aryl methyl sites for hydroxylation is 2. The molecule has 3 rings (SSSR count). The number of likely N-dealkylation sites (tertiary alicyclic amines) is 1. The molecule has 1 heterocycles. The number of piperidine rings is 1. The molecule has 170 valence electrons. The monoisotopic (exact) mass is 441 g/mol. The van der Waals surface area contributed by atoms with Gasteiger partial charge in [-0.3, -0.25) is 14.8 Å². The first kappa shape index (κ1) is 23.1. The number of hydrogen-bond acceptors (Lipinski definition) is 5. The Labute approximate surface area is 185 Å². The van der Waals surface area contributed by atoms with Gasteiger partial charge in [0.05, 0.1) is 12.0 Å². The standard InChI is InChI=1S/C23H27N3O6/c1-14-3-4-15(2)17(11-14)13-32-18-7-5-16(6-8-18)21(27)24-20-12-26(23(29)30)10-9-19(20)22(28)25-31/h3-8,11,19-20,31H,9-10,12-13H2,1-2H3,(H,24,27)(H,25,28)(H,29,30)/t19-,20+/m0/s1. The molecular weight excluding hydrogens is 414 g/mol. The lowest BCUT2D eigenvalue weighted by Crippen LogP contribution is -2.57. The summed E-state index contributed by atoms with van der Waals surface area (Å²) in [7, 11) is 0. The average molecular weight is 441 g/mol. The van der Waals surface area contributed by atoms with Crippen molar-refractivity contribution in [2.75, 3.05) is 13.1 Å². The van der Waals surface area contributed by atoms with Crippen molar-refractivity contribution < 1.29 is 29.4 Å². The fraction of sp³-hybridized carbons (Fsp3) is 0.348. The summed E-state index contributed by atoms with van der Waals surface area (Å²) >= 11 is 0. The molecule has 2 atom stereocenters. The van der Waals surface area contributed by atoms with E-state index in [0.717, 1.165) is 21.6 Å². The van der Waals surface area contributed by atoms with Crippen LogP contribution in [-0.4, -0.2) is 52.3 Å². The lowest BCUT2D eigenvalue weighted by Gasteiger charge is -2.36. The number of ether oxygens (including phenoxy) is 1. The van der Waals surface area contributed by atoms with Crippen molar-refractivity contribution in [3.8, 4) is 5.75 Å². The highest BCUT2D eigenvalue weighted by atomic mass is 16.5. The highest BCUT2D eigenvalue weighted by Gasteiger charge is 2.36. The molecule has 0 saturated carbocycles. The Bertz CT molecular complexity index is 992. The highest BCUT2D eigenvalue weighted by molar-refractivity contribution is 5.95. The summed E-state index contributed by atoms with van der Waals surface area (Å²) in [5.74, 6) is -1.23. The Morgan fingerprint density at radius 1 is 1.12 bits per heavy atom. The van der Waals surface area contributed by atoms with Crippen LogP contribution in [0.3, 0.4) is 0 Å². The third-order valence-electron chi connectivity index (χ3n) is 5.66. The number of hydrogen-bond donors (Lipinski definition) is 4. The molecule has 1 aliphatic heterocycles. The molecule has 0 aliphatic carbocycles. The normalized spacial score (nSPS) is 18.0. The van der Waals surface area contributed by atoms with Gasteiger partial charge in [-0.15, -0.1) is 0 Å². The van der Waals surface area contributed by atoms with Crippen LogP contribution in [0.25, 0.3) is 0 Å². The van der Waals surface area contributed by atoms with Crippen LogP contribution in [0.4, 0.5) is 4.79 Å². The van der Waals surface area contributed by atoms with E-state index in [1.807, 2.05) is 26.0 Å². The van der Waals surface area contributed by atoms with Crippen molar-refractivity contribution in [2.24, 2.45) is 5.92 Å². The number of carboxylic acid groups (broad SMARTS) is 1. The van der Waals surface area contributed by atoms with Crippen LogP contribution >= 0.6 is 0 Å². The molecule has 1 aliphatic rings. The number of rotatable bonds is 6. The smallest absolute Gasteiger partial charge is 0.407 e. The lowest BCUT2D eigenvalue weighted by molar-refractivity contribution is -0.135. The Morgan fingerprint density at radius 2 is 1.84 bits per heavy atom. The number of nitrogens with one attached hydrogen (secondary N) is 2. The van der Waals surface area contributed by atoms with Gasteiger partial charge in [-0.2, -0.15) is 0 Å². The number of nitrogens with zero attached hydrogens (tertiary/aromatic N) is 1. The van der Waals surface area contributed by atoms with Crippen LogP contribution < -0.4 is 15.5 Å². The zero-order chi connectivity index (χ0) is 23.3. The molecule has 0 spiro atoms. The molecule has 1 fully saturated rings. The SMILES string of the molecule is Cc1ccc(C)c(COc2ccc(C(=O)N[C@@H]3CN(C(=O)O)CC[C@@H]3C(=O)NO)cc2)c1. The van der Waals surface area contributed by atoms with Crippen molar-refractivity contribution in [1.82, 2.24) is 15.7 Å². The number of carbonyl (C=O) groups excluding carboxylic acids is 2. The maximum atomic E-state index is 12.7. The molecule has 0 radical (unpaired) electrons. The fourth-order valence-electron chi connectivity index (χ4n) is 3.74. The van der Waals surface area contributed by atoms with Gasteiger partial charge >= 0.3 is 6.09 Å². The van der Waals surface area contributed by atoms with Crippen molar-refractivity contribution in [3.05, 3.63) is 64.7 Å². The zero-order valence-electron chi connectivity index (χ0n) is 18.0. The molecule has 1 saturated heterocycles. The third-order valence-corrected chi connectivity index (χ3v) is 5.66. The molecule has 2 aromatic carbocycles. The zero-order valence-corrected chi connectivity index (χ0v) is 18.0. The molecule has 0 unspecified atom stereocenters. The Hall–Kier alpha value is -3.59. The van der Waals surface area contributed by atoms with Crippen molar-refractivity contribution in [3.63, 3.8) is 0 Å². The van der Waals surface area contributed by atoms with Gasteiger partial charge in [0.1, 0.15) is 12.4 Å². The fourth-order valence-corrected chi connectivity index (χ4v) is 3.74. The van der Waals surface area contributed by atoms with E-state index >= 15 is 0 Å². The van der Waals surface area contributed by atoms with E-state index in [1.54, 1.807) is 29.7 Å². The van der Waals surface area contributed by atoms with Crippen LogP contribution in [0, 0.1) is 19.8 Å². The van der Waals surface area contributed by atoms with E-state index < -0.39 is 29.9 Å². The van der Waals surface area contributed by atoms with E-state index in [9.17, 15) is 19.5 Å². The van der Waals surface area contributed by atoms with Crippen LogP contribution in [0.15, 0.2) is 42.5 Å². The quantitative estimate of drug-likeness (QED) is 0.403. The first-order valence-electron chi connectivity index (χ1n) is 10.3. The molecule has 9 heteroatoms. The van der Waals surface area contributed by atoms with E-state index in [1.165, 1.54) is 0 Å². The number of carbonyl (C=O) groups is 3. The Morgan fingerprint density at radius 3 is 2.50 bits per heavy atom. The maximum Gasteiger partial charge on any atom is 0.407 e. The molecule has 9 nitrogen and oxygen atoms in total. The second-order valence-corrected chi connectivity index (χ2v) is 7.92. The largest absolute Gasteiger partial charge is 0.489 e. The first-order chi connectivity index (χ1) is 15.3. The predicted octanol–water partition coefficient (Wildman–Crippen LogP) is 2.49. The van der Waals surface area contributed by atoms with Gasteiger partial charge in [-0.05, 0) is 55.7 Å². The molecular formula is C23H27N3O6. The Kier molecular flexibility index (Phi) is 7.32. The summed E-state index contributed by atoms with van der Waals surface area (Å²) < 4.78 is 5.83. The third kappa shape index (κ3) is 5.55. The molecule has 0 bridgehead atoms. The molecule has 2 aromatic rings. The van der Waals surface area contributed by atoms with Crippen LogP contribution in [0.1, 0.15) is 33.5 Å². The summed E-state index contributed by atoms with van der Waals surface area (Å²) in [5, 5.41) is 20.9. The molecule has 0 aromatic heterocycles. The van der Waals surface area contributed by atoms with Crippen molar-refractivity contribution in [2.45, 2.75) is 32.9 Å². The van der Waals surface area contributed by atoms with Gasteiger partial charge in [0.2, 0.25) is 5.91 Å². The topological polar surface area (TPSA) is 128 Å². The average Bonchev–Trinajstić information content (AvgIpc) is 2.79. The van der Waals surface area contributed by atoms with Crippen LogP contribution in [0.2, 0.25) is 0 Å². The van der Waals surface area contributed by atoms with Gasteiger partial charge in [-0.1, -0.05) is 23.8 Å². The van der Waals surface area contributed by atoms with E-state index in [2.05, 4.69) is 11.4 Å². The van der Waals surface area contributed by atoms with E-state index in [-0.39, 0.29) is 19.5 Å². The molecule has 3 amide bonds. The van der Waals surface area contributed by atoms with Crippen molar-refractivity contribution >= 4 is 17.9 Å². The molecule has 4 N–H and O–H groups in total. The van der Waals surface area contributed by atoms with Crippen LogP contribution in [-0.2, 0) is 11.4 Å². The van der Waals surface area contributed by atoms with Gasteiger partial charge < -0.3 is 20.1 Å². The number of benzene rings is 2. The minimum absolute atomic E-state index is 0.0454. The van der Waals surface area contributed by atoms with Gasteiger partial charge in [0.15, 0.2) is 0 Å².